The summed E-state index contributed by atoms with van der Waals surface area (Å²) in [6, 6.07) is 13.7. The van der Waals surface area contributed by atoms with E-state index < -0.39 is 23.6 Å². The molecule has 3 aliphatic heterocycles. The molecule has 6 rings (SSSR count). The molecule has 1 aromatic heterocycles. The van der Waals surface area contributed by atoms with Crippen molar-refractivity contribution >= 4 is 23.0 Å². The molecular formula is C30H31F3N4O2. The molecule has 0 aliphatic carbocycles. The van der Waals surface area contributed by atoms with Crippen LogP contribution in [0.5, 0.6) is 0 Å². The third-order valence-electron chi connectivity index (χ3n) is 8.31. The zero-order valence-corrected chi connectivity index (χ0v) is 21.8. The van der Waals surface area contributed by atoms with Crippen LogP contribution in [0.3, 0.4) is 0 Å². The molecule has 3 fully saturated rings. The summed E-state index contributed by atoms with van der Waals surface area (Å²) in [5.41, 5.74) is 2.44. The maximum absolute atomic E-state index is 14.4. The second kappa shape index (κ2) is 9.86. The van der Waals surface area contributed by atoms with Gasteiger partial charge in [0.15, 0.2) is 0 Å². The molecule has 1 N–H and O–H groups in total. The number of ether oxygens (including phenoxy) is 1. The van der Waals surface area contributed by atoms with Gasteiger partial charge < -0.3 is 19.9 Å². The van der Waals surface area contributed by atoms with Crippen molar-refractivity contribution in [3.8, 4) is 0 Å². The van der Waals surface area contributed by atoms with E-state index in [4.69, 9.17) is 4.74 Å². The minimum absolute atomic E-state index is 0.153. The van der Waals surface area contributed by atoms with Crippen molar-refractivity contribution in [3.05, 3.63) is 83.2 Å². The molecule has 4 heterocycles. The van der Waals surface area contributed by atoms with Gasteiger partial charge in [-0.1, -0.05) is 24.3 Å². The second-order valence-corrected chi connectivity index (χ2v) is 11.0. The first-order valence-electron chi connectivity index (χ1n) is 13.3. The van der Waals surface area contributed by atoms with Crippen LogP contribution in [0.25, 0.3) is 0 Å². The van der Waals surface area contributed by atoms with Crippen LogP contribution in [-0.2, 0) is 10.9 Å². The lowest BCUT2D eigenvalue weighted by molar-refractivity contribution is -0.138. The minimum Gasteiger partial charge on any atom is -0.380 e. The Kier molecular flexibility index (Phi) is 6.49. The number of pyridine rings is 1. The highest BCUT2D eigenvalue weighted by atomic mass is 19.4. The van der Waals surface area contributed by atoms with Gasteiger partial charge in [0.05, 0.1) is 42.5 Å². The van der Waals surface area contributed by atoms with Crippen LogP contribution in [0.4, 0.5) is 30.2 Å². The number of nitrogens with zero attached hydrogens (tertiary/aromatic N) is 3. The fourth-order valence-corrected chi connectivity index (χ4v) is 6.20. The summed E-state index contributed by atoms with van der Waals surface area (Å²) in [6.45, 7) is 5.96. The molecular weight excluding hydrogens is 505 g/mol. The zero-order chi connectivity index (χ0) is 27.2. The van der Waals surface area contributed by atoms with Gasteiger partial charge in [-0.25, -0.2) is 0 Å². The normalized spacial score (nSPS) is 20.4. The van der Waals surface area contributed by atoms with Gasteiger partial charge in [0.2, 0.25) is 0 Å². The molecule has 3 aromatic rings. The Balaban J connectivity index is 1.27. The monoisotopic (exact) mass is 536 g/mol. The minimum atomic E-state index is -4.54. The Morgan fingerprint density at radius 1 is 1.05 bits per heavy atom. The van der Waals surface area contributed by atoms with Crippen LogP contribution in [0.15, 0.2) is 60.9 Å². The zero-order valence-electron chi connectivity index (χ0n) is 21.8. The molecule has 3 aliphatic rings. The number of nitrogens with one attached hydrogen (secondary N) is 1. The van der Waals surface area contributed by atoms with Crippen LogP contribution in [0, 0.1) is 12.3 Å². The number of benzene rings is 2. The fraction of sp³-hybridized carbons (Fsp3) is 0.400. The molecule has 0 unspecified atom stereocenters. The number of aromatic nitrogens is 1. The summed E-state index contributed by atoms with van der Waals surface area (Å²) < 4.78 is 48.6. The van der Waals surface area contributed by atoms with E-state index in [-0.39, 0.29) is 22.2 Å². The highest BCUT2D eigenvalue weighted by Crippen LogP contribution is 2.45. The Labute approximate surface area is 225 Å². The summed E-state index contributed by atoms with van der Waals surface area (Å²) in [6.07, 6.45) is 0.722. The van der Waals surface area contributed by atoms with Crippen molar-refractivity contribution < 1.29 is 22.7 Å². The standard InChI is InChI=1S/C30H31F3N4O2/c1-20-7-8-25(35-28(38)21-5-3-2-4-6-21)26(27(20)30(31,32)33)22-9-11-36(16-22)23-13-24(15-34-14-23)37-12-10-29(17-37)18-39-19-29/h2-8,13-15,22H,9-12,16-19H2,1H3,(H,35,38)/t22-/m1/s1. The lowest BCUT2D eigenvalue weighted by Crippen LogP contribution is -2.44. The highest BCUT2D eigenvalue weighted by Gasteiger charge is 2.45. The molecule has 204 valence electrons. The fourth-order valence-electron chi connectivity index (χ4n) is 6.20. The van der Waals surface area contributed by atoms with Gasteiger partial charge in [-0.2, -0.15) is 13.2 Å². The van der Waals surface area contributed by atoms with E-state index in [0.717, 1.165) is 44.1 Å². The van der Waals surface area contributed by atoms with Crippen molar-refractivity contribution in [3.63, 3.8) is 0 Å². The van der Waals surface area contributed by atoms with Crippen LogP contribution < -0.4 is 15.1 Å². The number of rotatable bonds is 5. The number of hydrogen-bond donors (Lipinski definition) is 1. The van der Waals surface area contributed by atoms with Gasteiger partial charge in [-0.05, 0) is 55.2 Å². The van der Waals surface area contributed by atoms with Crippen molar-refractivity contribution in [1.29, 1.82) is 0 Å². The molecule has 1 atom stereocenters. The smallest absolute Gasteiger partial charge is 0.380 e. The second-order valence-electron chi connectivity index (χ2n) is 11.0. The molecule has 0 radical (unpaired) electrons. The topological polar surface area (TPSA) is 57.7 Å². The molecule has 3 saturated heterocycles. The van der Waals surface area contributed by atoms with E-state index >= 15 is 0 Å². The van der Waals surface area contributed by atoms with E-state index in [2.05, 4.69) is 26.2 Å². The number of anilines is 3. The third kappa shape index (κ3) is 4.95. The lowest BCUT2D eigenvalue weighted by atomic mass is 9.85. The Bertz CT molecular complexity index is 1370. The molecule has 2 aromatic carbocycles. The number of alkyl halides is 3. The van der Waals surface area contributed by atoms with E-state index in [9.17, 15) is 18.0 Å². The Morgan fingerprint density at radius 3 is 2.46 bits per heavy atom. The first kappa shape index (κ1) is 25.7. The van der Waals surface area contributed by atoms with Gasteiger partial charge in [0, 0.05) is 48.8 Å². The van der Waals surface area contributed by atoms with Gasteiger partial charge in [-0.3, -0.25) is 9.78 Å². The van der Waals surface area contributed by atoms with E-state index in [0.29, 0.717) is 25.1 Å². The van der Waals surface area contributed by atoms with Crippen molar-refractivity contribution in [1.82, 2.24) is 4.98 Å². The van der Waals surface area contributed by atoms with Crippen LogP contribution in [0.1, 0.15) is 45.8 Å². The first-order chi connectivity index (χ1) is 18.7. The predicted octanol–water partition coefficient (Wildman–Crippen LogP) is 5.88. The van der Waals surface area contributed by atoms with E-state index in [1.54, 1.807) is 42.6 Å². The van der Waals surface area contributed by atoms with Crippen molar-refractivity contribution in [2.45, 2.75) is 31.9 Å². The van der Waals surface area contributed by atoms with Gasteiger partial charge in [0.25, 0.3) is 5.91 Å². The molecule has 9 heteroatoms. The predicted molar refractivity (Wildman–Crippen MR) is 144 cm³/mol. The van der Waals surface area contributed by atoms with Gasteiger partial charge in [-0.15, -0.1) is 0 Å². The summed E-state index contributed by atoms with van der Waals surface area (Å²) in [5, 5.41) is 2.78. The number of carbonyl (C=O) groups is 1. The number of halogens is 3. The molecule has 39 heavy (non-hydrogen) atoms. The Morgan fingerprint density at radius 2 is 1.79 bits per heavy atom. The van der Waals surface area contributed by atoms with Crippen molar-refractivity contribution in [2.75, 3.05) is 54.5 Å². The van der Waals surface area contributed by atoms with E-state index in [1.807, 2.05) is 6.20 Å². The first-order valence-corrected chi connectivity index (χ1v) is 13.3. The Hall–Kier alpha value is -3.59. The molecule has 1 spiro atoms. The quantitative estimate of drug-likeness (QED) is 0.441. The molecule has 0 bridgehead atoms. The van der Waals surface area contributed by atoms with Gasteiger partial charge in [0.1, 0.15) is 0 Å². The molecule has 1 amide bonds. The lowest BCUT2D eigenvalue weighted by Gasteiger charge is -2.37. The van der Waals surface area contributed by atoms with Crippen LogP contribution in [0.2, 0.25) is 0 Å². The van der Waals surface area contributed by atoms with E-state index in [1.165, 1.54) is 13.0 Å². The van der Waals surface area contributed by atoms with Crippen LogP contribution in [-0.4, -0.2) is 50.3 Å². The summed E-state index contributed by atoms with van der Waals surface area (Å²) >= 11 is 0. The SMILES string of the molecule is Cc1ccc(NC(=O)c2ccccc2)c([C@@H]2CCN(c3cncc(N4CCC5(COC5)C4)c3)C2)c1C(F)(F)F. The van der Waals surface area contributed by atoms with Crippen LogP contribution >= 0.6 is 0 Å². The average molecular weight is 537 g/mol. The maximum atomic E-state index is 14.4. The summed E-state index contributed by atoms with van der Waals surface area (Å²) in [7, 11) is 0. The number of amides is 1. The van der Waals surface area contributed by atoms with Gasteiger partial charge >= 0.3 is 6.18 Å². The molecule has 6 nitrogen and oxygen atoms in total. The largest absolute Gasteiger partial charge is 0.417 e. The number of aryl methyl sites for hydroxylation is 1. The summed E-state index contributed by atoms with van der Waals surface area (Å²) in [4.78, 5) is 21.8. The summed E-state index contributed by atoms with van der Waals surface area (Å²) in [5.74, 6) is -0.834. The maximum Gasteiger partial charge on any atom is 0.417 e. The number of carbonyl (C=O) groups excluding carboxylic acids is 1. The third-order valence-corrected chi connectivity index (χ3v) is 8.31. The van der Waals surface area contributed by atoms with Crippen molar-refractivity contribution in [2.24, 2.45) is 5.41 Å². The highest BCUT2D eigenvalue weighted by molar-refractivity contribution is 6.04. The average Bonchev–Trinajstić information content (AvgIpc) is 3.58. The number of hydrogen-bond acceptors (Lipinski definition) is 5. The molecule has 0 saturated carbocycles.